The minimum atomic E-state index is -0.141. The maximum absolute atomic E-state index is 5.46. The zero-order valence-corrected chi connectivity index (χ0v) is 10.9. The van der Waals surface area contributed by atoms with Crippen LogP contribution in [-0.4, -0.2) is 29.3 Å². The summed E-state index contributed by atoms with van der Waals surface area (Å²) in [5.74, 6) is 1.08. The molecule has 0 radical (unpaired) electrons. The molecule has 1 aromatic rings. The molecule has 1 atom stereocenters. The predicted molar refractivity (Wildman–Crippen MR) is 65.4 cm³/mol. The third-order valence-corrected chi connectivity index (χ3v) is 3.00. The number of aromatic nitrogens is 2. The predicted octanol–water partition coefficient (Wildman–Crippen LogP) is 1.98. The zero-order valence-electron chi connectivity index (χ0n) is 10.9. The van der Waals surface area contributed by atoms with Gasteiger partial charge in [0.15, 0.2) is 0 Å². The van der Waals surface area contributed by atoms with Gasteiger partial charge in [-0.3, -0.25) is 0 Å². The van der Waals surface area contributed by atoms with Crippen molar-refractivity contribution in [1.82, 2.24) is 14.9 Å². The van der Waals surface area contributed by atoms with Crippen LogP contribution in [0.15, 0.2) is 12.4 Å². The molecule has 0 spiro atoms. The molecule has 0 aliphatic heterocycles. The smallest absolute Gasteiger partial charge is 0.125 e. The number of aryl methyl sites for hydroxylation is 1. The molecule has 0 aliphatic rings. The van der Waals surface area contributed by atoms with Crippen LogP contribution in [0.1, 0.15) is 39.1 Å². The highest BCUT2D eigenvalue weighted by molar-refractivity contribution is 5.01. The molecule has 92 valence electrons. The number of rotatable bonds is 6. The fourth-order valence-electron chi connectivity index (χ4n) is 1.80. The monoisotopic (exact) mass is 225 g/mol. The third kappa shape index (κ3) is 3.06. The van der Waals surface area contributed by atoms with Crippen LogP contribution in [-0.2, 0) is 11.3 Å². The first kappa shape index (κ1) is 13.2. The van der Waals surface area contributed by atoms with Crippen molar-refractivity contribution in [3.8, 4) is 0 Å². The minimum Gasteiger partial charge on any atom is -0.379 e. The van der Waals surface area contributed by atoms with E-state index in [-0.39, 0.29) is 11.6 Å². The second-order valence-electron chi connectivity index (χ2n) is 4.58. The lowest BCUT2D eigenvalue weighted by molar-refractivity contribution is 0.00647. The lowest BCUT2D eigenvalue weighted by atomic mass is 9.98. The topological polar surface area (TPSA) is 39.1 Å². The largest absolute Gasteiger partial charge is 0.379 e. The number of imidazole rings is 1. The van der Waals surface area contributed by atoms with Gasteiger partial charge >= 0.3 is 0 Å². The van der Waals surface area contributed by atoms with E-state index in [0.29, 0.717) is 0 Å². The molecule has 0 saturated carbocycles. The van der Waals surface area contributed by atoms with E-state index in [1.807, 2.05) is 19.4 Å². The van der Waals surface area contributed by atoms with Crippen molar-refractivity contribution in [2.45, 2.75) is 45.4 Å². The van der Waals surface area contributed by atoms with Crippen LogP contribution < -0.4 is 5.32 Å². The van der Waals surface area contributed by atoms with Gasteiger partial charge in [-0.05, 0) is 34.2 Å². The number of hydrogen-bond acceptors (Lipinski definition) is 3. The SMILES string of the molecule is CCn1ccnc1C(CC(C)(C)OC)NC. The number of nitrogens with zero attached hydrogens (tertiary/aromatic N) is 2. The van der Waals surface area contributed by atoms with Crippen LogP contribution in [0.2, 0.25) is 0 Å². The van der Waals surface area contributed by atoms with Crippen LogP contribution >= 0.6 is 0 Å². The summed E-state index contributed by atoms with van der Waals surface area (Å²) in [7, 11) is 3.71. The molecular weight excluding hydrogens is 202 g/mol. The van der Waals surface area contributed by atoms with E-state index < -0.39 is 0 Å². The summed E-state index contributed by atoms with van der Waals surface area (Å²) in [6, 6.07) is 0.227. The van der Waals surface area contributed by atoms with Crippen molar-refractivity contribution in [1.29, 1.82) is 0 Å². The molecule has 0 amide bonds. The Kier molecular flexibility index (Phi) is 4.50. The van der Waals surface area contributed by atoms with E-state index in [1.165, 1.54) is 0 Å². The summed E-state index contributed by atoms with van der Waals surface area (Å²) >= 11 is 0. The first-order valence-corrected chi connectivity index (χ1v) is 5.77. The van der Waals surface area contributed by atoms with Gasteiger partial charge in [0, 0.05) is 26.0 Å². The highest BCUT2D eigenvalue weighted by Crippen LogP contribution is 2.24. The molecule has 4 heteroatoms. The molecule has 0 saturated heterocycles. The number of methoxy groups -OCH3 is 1. The second kappa shape index (κ2) is 5.46. The fraction of sp³-hybridized carbons (Fsp3) is 0.750. The summed E-state index contributed by atoms with van der Waals surface area (Å²) in [5.41, 5.74) is -0.141. The number of ether oxygens (including phenoxy) is 1. The molecular formula is C12H23N3O. The average molecular weight is 225 g/mol. The summed E-state index contributed by atoms with van der Waals surface area (Å²) in [5, 5.41) is 3.31. The third-order valence-electron chi connectivity index (χ3n) is 3.00. The van der Waals surface area contributed by atoms with Gasteiger partial charge < -0.3 is 14.6 Å². The Morgan fingerprint density at radius 1 is 1.56 bits per heavy atom. The van der Waals surface area contributed by atoms with Gasteiger partial charge in [0.05, 0.1) is 11.6 Å². The molecule has 0 aromatic carbocycles. The molecule has 4 nitrogen and oxygen atoms in total. The van der Waals surface area contributed by atoms with Crippen LogP contribution in [0.4, 0.5) is 0 Å². The average Bonchev–Trinajstić information content (AvgIpc) is 2.74. The molecule has 1 rings (SSSR count). The molecule has 16 heavy (non-hydrogen) atoms. The lowest BCUT2D eigenvalue weighted by Gasteiger charge is -2.28. The fourth-order valence-corrected chi connectivity index (χ4v) is 1.80. The first-order valence-electron chi connectivity index (χ1n) is 5.77. The van der Waals surface area contributed by atoms with Crippen molar-refractivity contribution in [2.24, 2.45) is 0 Å². The van der Waals surface area contributed by atoms with Gasteiger partial charge in [0.1, 0.15) is 5.82 Å². The van der Waals surface area contributed by atoms with Gasteiger partial charge in [-0.25, -0.2) is 4.98 Å². The Balaban J connectivity index is 2.82. The molecule has 1 heterocycles. The second-order valence-corrected chi connectivity index (χ2v) is 4.58. The van der Waals surface area contributed by atoms with E-state index in [0.717, 1.165) is 18.8 Å². The first-order chi connectivity index (χ1) is 7.54. The van der Waals surface area contributed by atoms with Gasteiger partial charge in [-0.2, -0.15) is 0 Å². The van der Waals surface area contributed by atoms with Crippen molar-refractivity contribution >= 4 is 0 Å². The maximum atomic E-state index is 5.46. The summed E-state index contributed by atoms with van der Waals surface area (Å²) in [4.78, 5) is 4.42. The van der Waals surface area contributed by atoms with Gasteiger partial charge in [0.25, 0.3) is 0 Å². The molecule has 0 aliphatic carbocycles. The van der Waals surface area contributed by atoms with Crippen LogP contribution in [0, 0.1) is 0 Å². The summed E-state index contributed by atoms with van der Waals surface area (Å²) in [6.45, 7) is 7.26. The van der Waals surface area contributed by atoms with Crippen LogP contribution in [0.5, 0.6) is 0 Å². The van der Waals surface area contributed by atoms with Gasteiger partial charge in [-0.15, -0.1) is 0 Å². The van der Waals surface area contributed by atoms with E-state index in [1.54, 1.807) is 7.11 Å². The Labute approximate surface area is 98.0 Å². The Morgan fingerprint density at radius 3 is 2.75 bits per heavy atom. The summed E-state index contributed by atoms with van der Waals surface area (Å²) in [6.07, 6.45) is 4.76. The normalized spacial score (nSPS) is 14.1. The molecule has 1 N–H and O–H groups in total. The van der Waals surface area contributed by atoms with Crippen LogP contribution in [0.25, 0.3) is 0 Å². The van der Waals surface area contributed by atoms with Gasteiger partial charge in [0.2, 0.25) is 0 Å². The lowest BCUT2D eigenvalue weighted by Crippen LogP contribution is -2.32. The van der Waals surface area contributed by atoms with Crippen molar-refractivity contribution in [3.05, 3.63) is 18.2 Å². The van der Waals surface area contributed by atoms with Crippen molar-refractivity contribution in [2.75, 3.05) is 14.2 Å². The van der Waals surface area contributed by atoms with Crippen LogP contribution in [0.3, 0.4) is 0 Å². The van der Waals surface area contributed by atoms with E-state index in [2.05, 4.69) is 35.6 Å². The Hall–Kier alpha value is -0.870. The molecule has 1 unspecified atom stereocenters. The summed E-state index contributed by atoms with van der Waals surface area (Å²) < 4.78 is 7.62. The zero-order chi connectivity index (χ0) is 12.2. The Morgan fingerprint density at radius 2 is 2.25 bits per heavy atom. The van der Waals surface area contributed by atoms with E-state index >= 15 is 0 Å². The number of hydrogen-bond donors (Lipinski definition) is 1. The van der Waals surface area contributed by atoms with E-state index in [4.69, 9.17) is 4.74 Å². The molecule has 1 aromatic heterocycles. The molecule has 0 fully saturated rings. The van der Waals surface area contributed by atoms with E-state index in [9.17, 15) is 0 Å². The van der Waals surface area contributed by atoms with Crippen molar-refractivity contribution in [3.63, 3.8) is 0 Å². The maximum Gasteiger partial charge on any atom is 0.125 e. The highest BCUT2D eigenvalue weighted by Gasteiger charge is 2.25. The van der Waals surface area contributed by atoms with Crippen molar-refractivity contribution < 1.29 is 4.74 Å². The van der Waals surface area contributed by atoms with Gasteiger partial charge in [-0.1, -0.05) is 0 Å². The minimum absolute atomic E-state index is 0.141. The Bertz CT molecular complexity index is 320. The highest BCUT2D eigenvalue weighted by atomic mass is 16.5. The quantitative estimate of drug-likeness (QED) is 0.804. The molecule has 0 bridgehead atoms. The standard InChI is InChI=1S/C12H23N3O/c1-6-15-8-7-14-11(15)10(13-4)9-12(2,3)16-5/h7-8,10,13H,6,9H2,1-5H3. The number of nitrogens with one attached hydrogen (secondary N) is 1.